The van der Waals surface area contributed by atoms with Gasteiger partial charge < -0.3 is 10.6 Å². The molecule has 0 radical (unpaired) electrons. The molecule has 0 aromatic heterocycles. The second-order valence-electron chi connectivity index (χ2n) is 8.15. The molecule has 2 atom stereocenters. The summed E-state index contributed by atoms with van der Waals surface area (Å²) >= 11 is 0. The summed E-state index contributed by atoms with van der Waals surface area (Å²) in [6.07, 6.45) is 8.37. The van der Waals surface area contributed by atoms with Crippen molar-refractivity contribution in [1.82, 2.24) is 10.6 Å². The van der Waals surface area contributed by atoms with Gasteiger partial charge in [0.2, 0.25) is 5.91 Å². The van der Waals surface area contributed by atoms with Gasteiger partial charge in [-0.15, -0.1) is 0 Å². The Morgan fingerprint density at radius 3 is 2.72 bits per heavy atom. The summed E-state index contributed by atoms with van der Waals surface area (Å²) in [6, 6.07) is 4.89. The van der Waals surface area contributed by atoms with E-state index in [4.69, 9.17) is 0 Å². The van der Waals surface area contributed by atoms with Crippen LogP contribution in [0.3, 0.4) is 0 Å². The largest absolute Gasteiger partial charge is 0.352 e. The lowest BCUT2D eigenvalue weighted by Gasteiger charge is -2.32. The van der Waals surface area contributed by atoms with Crippen molar-refractivity contribution in [2.75, 3.05) is 0 Å². The normalized spacial score (nSPS) is 22.5. The van der Waals surface area contributed by atoms with Crippen molar-refractivity contribution in [3.05, 3.63) is 35.1 Å². The first-order valence-electron chi connectivity index (χ1n) is 9.84. The number of rotatable bonds is 5. The highest BCUT2D eigenvalue weighted by Crippen LogP contribution is 2.29. The van der Waals surface area contributed by atoms with Crippen LogP contribution in [-0.4, -0.2) is 18.0 Å². The van der Waals surface area contributed by atoms with Gasteiger partial charge in [-0.3, -0.25) is 4.79 Å². The van der Waals surface area contributed by atoms with Crippen molar-refractivity contribution in [1.29, 1.82) is 0 Å². The molecule has 2 aliphatic rings. The van der Waals surface area contributed by atoms with Gasteiger partial charge in [-0.2, -0.15) is 0 Å². The van der Waals surface area contributed by atoms with Gasteiger partial charge in [0.05, 0.1) is 6.04 Å². The number of hydrogen-bond donors (Lipinski definition) is 2. The van der Waals surface area contributed by atoms with E-state index in [1.165, 1.54) is 38.2 Å². The van der Waals surface area contributed by atoms with Crippen LogP contribution in [0.2, 0.25) is 0 Å². The molecule has 1 unspecified atom stereocenters. The maximum Gasteiger partial charge on any atom is 0.237 e. The Morgan fingerprint density at radius 1 is 1.24 bits per heavy atom. The number of hydrogen-bond acceptors (Lipinski definition) is 2. The zero-order valence-corrected chi connectivity index (χ0v) is 15.5. The summed E-state index contributed by atoms with van der Waals surface area (Å²) < 4.78 is 13.3. The molecule has 138 valence electrons. The van der Waals surface area contributed by atoms with Crippen LogP contribution in [0.4, 0.5) is 4.39 Å². The second-order valence-corrected chi connectivity index (χ2v) is 8.15. The van der Waals surface area contributed by atoms with Crippen LogP contribution in [0.5, 0.6) is 0 Å². The minimum Gasteiger partial charge on any atom is -0.352 e. The summed E-state index contributed by atoms with van der Waals surface area (Å²) in [7, 11) is 0. The summed E-state index contributed by atoms with van der Waals surface area (Å²) in [4.78, 5) is 12.8. The average molecular weight is 346 g/mol. The Kier molecular flexibility index (Phi) is 6.10. The molecule has 1 saturated carbocycles. The number of amides is 1. The highest BCUT2D eigenvalue weighted by Gasteiger charge is 2.28. The van der Waals surface area contributed by atoms with E-state index in [0.29, 0.717) is 18.9 Å². The van der Waals surface area contributed by atoms with Gasteiger partial charge in [0.1, 0.15) is 5.82 Å². The summed E-state index contributed by atoms with van der Waals surface area (Å²) in [5, 5.41) is 6.57. The van der Waals surface area contributed by atoms with Crippen LogP contribution in [0.25, 0.3) is 0 Å². The minimum atomic E-state index is -0.217. The van der Waals surface area contributed by atoms with Gasteiger partial charge in [0.25, 0.3) is 0 Å². The van der Waals surface area contributed by atoms with Gasteiger partial charge in [-0.25, -0.2) is 4.39 Å². The number of carbonyl (C=O) groups excluding carboxylic acids is 1. The molecule has 3 nitrogen and oxygen atoms in total. The Bertz CT molecular complexity index is 596. The zero-order chi connectivity index (χ0) is 17.8. The zero-order valence-electron chi connectivity index (χ0n) is 15.5. The Labute approximate surface area is 150 Å². The summed E-state index contributed by atoms with van der Waals surface area (Å²) in [5.74, 6) is 1.07. The van der Waals surface area contributed by atoms with Gasteiger partial charge in [-0.05, 0) is 47.9 Å². The molecule has 2 N–H and O–H groups in total. The first-order valence-corrected chi connectivity index (χ1v) is 9.84. The fourth-order valence-electron chi connectivity index (χ4n) is 4.23. The third kappa shape index (κ3) is 4.81. The number of halogens is 1. The van der Waals surface area contributed by atoms with E-state index < -0.39 is 0 Å². The van der Waals surface area contributed by atoms with Crippen molar-refractivity contribution >= 4 is 5.91 Å². The third-order valence-electron chi connectivity index (χ3n) is 5.89. The predicted molar refractivity (Wildman–Crippen MR) is 98.7 cm³/mol. The number of fused-ring (bicyclic) bond motifs is 1. The monoisotopic (exact) mass is 346 g/mol. The molecule has 1 aromatic rings. The standard InChI is InChI=1S/C21H31FN2O/c1-14(2)19(10-15-6-4-3-5-7-15)24-21(25)20-12-16-8-9-18(22)11-17(16)13-23-20/h8-9,11,14-15,19-20,23H,3-7,10,12-13H2,1-2H3,(H,24,25)/t19?,20-/m1/s1. The molecule has 0 spiro atoms. The van der Waals surface area contributed by atoms with Gasteiger partial charge in [0.15, 0.2) is 0 Å². The molecule has 1 heterocycles. The highest BCUT2D eigenvalue weighted by molar-refractivity contribution is 5.82. The maximum absolute atomic E-state index is 13.3. The molecule has 4 heteroatoms. The van der Waals surface area contributed by atoms with Crippen LogP contribution in [-0.2, 0) is 17.8 Å². The Morgan fingerprint density at radius 2 is 2.00 bits per heavy atom. The van der Waals surface area contributed by atoms with Crippen LogP contribution >= 0.6 is 0 Å². The second kappa shape index (κ2) is 8.31. The van der Waals surface area contributed by atoms with Crippen molar-refractivity contribution in [2.45, 2.75) is 77.4 Å². The first kappa shape index (κ1) is 18.4. The molecule has 0 saturated heterocycles. The van der Waals surface area contributed by atoms with E-state index in [1.807, 2.05) is 6.07 Å². The van der Waals surface area contributed by atoms with Gasteiger partial charge in [0, 0.05) is 12.6 Å². The van der Waals surface area contributed by atoms with Crippen LogP contribution in [0.15, 0.2) is 18.2 Å². The fraction of sp³-hybridized carbons (Fsp3) is 0.667. The number of carbonyl (C=O) groups is 1. The summed E-state index contributed by atoms with van der Waals surface area (Å²) in [5.41, 5.74) is 2.04. The van der Waals surface area contributed by atoms with E-state index in [0.717, 1.165) is 23.5 Å². The predicted octanol–water partition coefficient (Wildman–Crippen LogP) is 3.95. The van der Waals surface area contributed by atoms with Crippen molar-refractivity contribution in [2.24, 2.45) is 11.8 Å². The van der Waals surface area contributed by atoms with E-state index in [1.54, 1.807) is 6.07 Å². The fourth-order valence-corrected chi connectivity index (χ4v) is 4.23. The molecule has 0 bridgehead atoms. The number of nitrogens with one attached hydrogen (secondary N) is 2. The van der Waals surface area contributed by atoms with Crippen molar-refractivity contribution in [3.63, 3.8) is 0 Å². The van der Waals surface area contributed by atoms with E-state index >= 15 is 0 Å². The summed E-state index contributed by atoms with van der Waals surface area (Å²) in [6.45, 7) is 4.94. The molecular formula is C21H31FN2O. The van der Waals surface area contributed by atoms with E-state index in [2.05, 4.69) is 24.5 Å². The van der Waals surface area contributed by atoms with Crippen molar-refractivity contribution < 1.29 is 9.18 Å². The molecule has 1 amide bonds. The lowest BCUT2D eigenvalue weighted by molar-refractivity contribution is -0.124. The van der Waals surface area contributed by atoms with Crippen molar-refractivity contribution in [3.8, 4) is 0 Å². The van der Waals surface area contributed by atoms with Crippen LogP contribution in [0, 0.1) is 17.7 Å². The van der Waals surface area contributed by atoms with E-state index in [-0.39, 0.29) is 23.8 Å². The van der Waals surface area contributed by atoms with Crippen LogP contribution < -0.4 is 10.6 Å². The highest BCUT2D eigenvalue weighted by atomic mass is 19.1. The molecule has 1 aromatic carbocycles. The lowest BCUT2D eigenvalue weighted by atomic mass is 9.82. The Hall–Kier alpha value is -1.42. The number of benzene rings is 1. The van der Waals surface area contributed by atoms with Crippen LogP contribution in [0.1, 0.15) is 63.5 Å². The quantitative estimate of drug-likeness (QED) is 0.847. The Balaban J connectivity index is 1.58. The van der Waals surface area contributed by atoms with Gasteiger partial charge >= 0.3 is 0 Å². The average Bonchev–Trinajstić information content (AvgIpc) is 2.61. The lowest BCUT2D eigenvalue weighted by Crippen LogP contribution is -2.52. The molecule has 1 aliphatic carbocycles. The molecule has 3 rings (SSSR count). The smallest absolute Gasteiger partial charge is 0.237 e. The van der Waals surface area contributed by atoms with E-state index in [9.17, 15) is 9.18 Å². The molecular weight excluding hydrogens is 315 g/mol. The molecule has 1 aliphatic heterocycles. The molecule has 25 heavy (non-hydrogen) atoms. The first-order chi connectivity index (χ1) is 12.0. The maximum atomic E-state index is 13.3. The third-order valence-corrected chi connectivity index (χ3v) is 5.89. The SMILES string of the molecule is CC(C)C(CC1CCCCC1)NC(=O)[C@H]1Cc2ccc(F)cc2CN1. The van der Waals surface area contributed by atoms with Gasteiger partial charge in [-0.1, -0.05) is 52.0 Å². The molecule has 1 fully saturated rings. The topological polar surface area (TPSA) is 41.1 Å². The minimum absolute atomic E-state index is 0.0875.